The molecule has 8 aromatic rings. The first kappa shape index (κ1) is 39.0. The number of pyridine rings is 1. The molecular weight excluding hydrogens is 731 g/mol. The molecule has 0 fully saturated rings. The first-order valence-corrected chi connectivity index (χ1v) is 21.5. The molecule has 300 valence electrons. The number of aryl methyl sites for hydroxylation is 3. The number of nitrogens with zero attached hydrogens (tertiary/aromatic N) is 5. The van der Waals surface area contributed by atoms with Crippen molar-refractivity contribution in [2.24, 2.45) is 0 Å². The van der Waals surface area contributed by atoms with Gasteiger partial charge in [0.25, 0.3) is 0 Å². The SMILES string of the molecule is Cc1ccccc1C(c1ccccc1)(c1cccc(-c2nc3ccccc3n2-c2c(C(C)C)cccc2C(C)C)c1C)N1c2ncccc2N(c2c(C)cccc2C)[C@@H]1C. The van der Waals surface area contributed by atoms with E-state index in [0.717, 1.165) is 33.9 Å². The molecule has 5 nitrogen and oxygen atoms in total. The molecule has 0 saturated heterocycles. The lowest BCUT2D eigenvalue weighted by atomic mass is 9.71. The van der Waals surface area contributed by atoms with E-state index in [-0.39, 0.29) is 6.17 Å². The molecule has 2 aromatic heterocycles. The van der Waals surface area contributed by atoms with Crippen LogP contribution >= 0.6 is 0 Å². The van der Waals surface area contributed by atoms with Crippen LogP contribution in [0.5, 0.6) is 0 Å². The Morgan fingerprint density at radius 3 is 1.87 bits per heavy atom. The zero-order valence-electron chi connectivity index (χ0n) is 36.4. The van der Waals surface area contributed by atoms with Crippen LogP contribution in [0.25, 0.3) is 28.1 Å². The smallest absolute Gasteiger partial charge is 0.155 e. The van der Waals surface area contributed by atoms with Crippen LogP contribution in [0.2, 0.25) is 0 Å². The molecule has 0 aliphatic carbocycles. The molecule has 2 atom stereocenters. The summed E-state index contributed by atoms with van der Waals surface area (Å²) < 4.78 is 2.46. The van der Waals surface area contributed by atoms with Crippen LogP contribution < -0.4 is 9.80 Å². The average molecular weight is 786 g/mol. The monoisotopic (exact) mass is 785 g/mol. The van der Waals surface area contributed by atoms with Gasteiger partial charge in [-0.25, -0.2) is 9.97 Å². The van der Waals surface area contributed by atoms with Crippen LogP contribution in [0, 0.1) is 27.7 Å². The molecule has 1 aliphatic rings. The second-order valence-electron chi connectivity index (χ2n) is 17.2. The van der Waals surface area contributed by atoms with Gasteiger partial charge >= 0.3 is 0 Å². The number of benzene rings is 6. The van der Waals surface area contributed by atoms with Crippen molar-refractivity contribution in [3.63, 3.8) is 0 Å². The fraction of sp³-hybridized carbons (Fsp3) is 0.236. The Morgan fingerprint density at radius 2 is 1.17 bits per heavy atom. The van der Waals surface area contributed by atoms with E-state index in [9.17, 15) is 0 Å². The Balaban J connectivity index is 1.41. The largest absolute Gasteiger partial charge is 0.317 e. The number of aromatic nitrogens is 3. The second kappa shape index (κ2) is 15.3. The van der Waals surface area contributed by atoms with Gasteiger partial charge in [-0.05, 0) is 121 Å². The van der Waals surface area contributed by atoms with Gasteiger partial charge in [0.05, 0.1) is 22.4 Å². The van der Waals surface area contributed by atoms with Crippen LogP contribution in [0.3, 0.4) is 0 Å². The van der Waals surface area contributed by atoms with Gasteiger partial charge in [0.1, 0.15) is 17.5 Å². The lowest BCUT2D eigenvalue weighted by Gasteiger charge is -2.48. The number of para-hydroxylation sites is 4. The van der Waals surface area contributed by atoms with Crippen molar-refractivity contribution in [2.45, 2.75) is 85.9 Å². The van der Waals surface area contributed by atoms with Crippen molar-refractivity contribution in [3.8, 4) is 17.1 Å². The molecule has 3 heterocycles. The highest BCUT2D eigenvalue weighted by atomic mass is 15.5. The highest BCUT2D eigenvalue weighted by Gasteiger charge is 2.52. The topological polar surface area (TPSA) is 37.2 Å². The van der Waals surface area contributed by atoms with Crippen molar-refractivity contribution in [3.05, 3.63) is 202 Å². The first-order valence-electron chi connectivity index (χ1n) is 21.5. The van der Waals surface area contributed by atoms with Gasteiger partial charge in [0, 0.05) is 17.4 Å². The molecule has 0 bridgehead atoms. The molecule has 0 amide bonds. The van der Waals surface area contributed by atoms with Gasteiger partial charge in [-0.3, -0.25) is 4.57 Å². The predicted octanol–water partition coefficient (Wildman–Crippen LogP) is 13.9. The fourth-order valence-corrected chi connectivity index (χ4v) is 10.2. The number of rotatable bonds is 9. The van der Waals surface area contributed by atoms with Crippen LogP contribution in [-0.4, -0.2) is 20.7 Å². The van der Waals surface area contributed by atoms with E-state index < -0.39 is 5.54 Å². The number of imidazole rings is 1. The van der Waals surface area contributed by atoms with Gasteiger partial charge in [-0.1, -0.05) is 149 Å². The summed E-state index contributed by atoms with van der Waals surface area (Å²) in [7, 11) is 0. The molecule has 0 saturated carbocycles. The Morgan fingerprint density at radius 1 is 0.567 bits per heavy atom. The summed E-state index contributed by atoms with van der Waals surface area (Å²) in [6, 6.07) is 53.3. The van der Waals surface area contributed by atoms with Crippen molar-refractivity contribution >= 4 is 28.2 Å². The quantitative estimate of drug-likeness (QED) is 0.137. The van der Waals surface area contributed by atoms with Gasteiger partial charge in [-0.2, -0.15) is 0 Å². The third-order valence-electron chi connectivity index (χ3n) is 12.9. The van der Waals surface area contributed by atoms with Crippen LogP contribution in [0.15, 0.2) is 152 Å². The Bertz CT molecular complexity index is 2820. The van der Waals surface area contributed by atoms with Crippen LogP contribution in [0.1, 0.15) is 96.5 Å². The molecule has 60 heavy (non-hydrogen) atoms. The van der Waals surface area contributed by atoms with E-state index in [1.54, 1.807) is 0 Å². The van der Waals surface area contributed by atoms with Gasteiger partial charge in [-0.15, -0.1) is 0 Å². The van der Waals surface area contributed by atoms with Gasteiger partial charge < -0.3 is 9.80 Å². The lowest BCUT2D eigenvalue weighted by molar-refractivity contribution is 0.503. The Kier molecular flexibility index (Phi) is 9.94. The first-order chi connectivity index (χ1) is 29.0. The molecule has 6 aromatic carbocycles. The summed E-state index contributed by atoms with van der Waals surface area (Å²) in [5.74, 6) is 2.53. The van der Waals surface area contributed by atoms with Gasteiger partial charge in [0.15, 0.2) is 5.82 Å². The summed E-state index contributed by atoms with van der Waals surface area (Å²) in [5, 5.41) is 0. The minimum atomic E-state index is -0.823. The Hall–Kier alpha value is -6.46. The fourth-order valence-electron chi connectivity index (χ4n) is 10.2. The molecule has 5 heteroatoms. The average Bonchev–Trinajstić information content (AvgIpc) is 3.77. The van der Waals surface area contributed by atoms with Gasteiger partial charge in [0.2, 0.25) is 0 Å². The molecule has 1 aliphatic heterocycles. The van der Waals surface area contributed by atoms with E-state index in [1.807, 2.05) is 6.20 Å². The van der Waals surface area contributed by atoms with Crippen molar-refractivity contribution < 1.29 is 0 Å². The van der Waals surface area contributed by atoms with E-state index in [0.29, 0.717) is 11.8 Å². The van der Waals surface area contributed by atoms with Crippen molar-refractivity contribution in [1.82, 2.24) is 14.5 Å². The van der Waals surface area contributed by atoms with Crippen molar-refractivity contribution in [2.75, 3.05) is 9.80 Å². The maximum absolute atomic E-state index is 5.56. The van der Waals surface area contributed by atoms with Crippen molar-refractivity contribution in [1.29, 1.82) is 0 Å². The number of fused-ring (bicyclic) bond motifs is 2. The highest BCUT2D eigenvalue weighted by Crippen LogP contribution is 2.56. The maximum atomic E-state index is 5.56. The normalized spacial score (nSPS) is 14.9. The number of anilines is 3. The van der Waals surface area contributed by atoms with E-state index in [2.05, 4.69) is 222 Å². The van der Waals surface area contributed by atoms with E-state index in [4.69, 9.17) is 9.97 Å². The summed E-state index contributed by atoms with van der Waals surface area (Å²) >= 11 is 0. The standard InChI is InChI=1S/C55H55N5/c1-35(2)43-26-18-27-44(36(3)4)52(43)59-49-32-16-15-31-48(49)57-53(59)45-28-19-30-47(40(45)8)55(42-24-11-10-12-25-42,46-29-14-13-21-37(46)5)60-41(9)58(50-33-20-34-56-54(50)60)51-38(6)22-17-23-39(51)7/h10-36,41H,1-9H3/t41-,55?/m0/s1. The number of hydrogen-bond acceptors (Lipinski definition) is 4. The lowest BCUT2D eigenvalue weighted by Crippen LogP contribution is -2.55. The summed E-state index contributed by atoms with van der Waals surface area (Å²) in [6.45, 7) is 20.6. The summed E-state index contributed by atoms with van der Waals surface area (Å²) in [5.41, 5.74) is 17.0. The zero-order chi connectivity index (χ0) is 41.9. The van der Waals surface area contributed by atoms with Crippen LogP contribution in [0.4, 0.5) is 17.2 Å². The zero-order valence-corrected chi connectivity index (χ0v) is 36.4. The van der Waals surface area contributed by atoms with E-state index in [1.165, 1.54) is 61.4 Å². The van der Waals surface area contributed by atoms with Crippen LogP contribution in [-0.2, 0) is 5.54 Å². The Labute approximate surface area is 356 Å². The minimum absolute atomic E-state index is 0.131. The number of hydrogen-bond donors (Lipinski definition) is 0. The maximum Gasteiger partial charge on any atom is 0.155 e. The molecule has 0 N–H and O–H groups in total. The summed E-state index contributed by atoms with van der Waals surface area (Å²) in [6.07, 6.45) is 1.82. The highest BCUT2D eigenvalue weighted by molar-refractivity contribution is 5.88. The third-order valence-corrected chi connectivity index (χ3v) is 12.9. The molecule has 0 radical (unpaired) electrons. The summed E-state index contributed by atoms with van der Waals surface area (Å²) in [4.78, 5) is 16.0. The minimum Gasteiger partial charge on any atom is -0.317 e. The molecule has 9 rings (SSSR count). The molecule has 0 spiro atoms. The van der Waals surface area contributed by atoms with E-state index >= 15 is 0 Å². The third kappa shape index (κ3) is 5.97. The molecular formula is C55H55N5. The second-order valence-corrected chi connectivity index (χ2v) is 17.2. The molecule has 1 unspecified atom stereocenters. The predicted molar refractivity (Wildman–Crippen MR) is 251 cm³/mol.